The first-order chi connectivity index (χ1) is 20.7. The molecule has 4 N–H and O–H groups in total. The van der Waals surface area contributed by atoms with E-state index in [-0.39, 0.29) is 22.0 Å². The molecule has 0 spiro atoms. The van der Waals surface area contributed by atoms with Gasteiger partial charge in [-0.25, -0.2) is 9.78 Å². The number of halogens is 2. The van der Waals surface area contributed by atoms with Crippen LogP contribution in [0, 0.1) is 3.57 Å². The third kappa shape index (κ3) is 8.19. The number of ether oxygens (including phenoxy) is 1. The molecule has 0 saturated carbocycles. The van der Waals surface area contributed by atoms with Crippen molar-refractivity contribution in [3.8, 4) is 0 Å². The number of rotatable bonds is 10. The van der Waals surface area contributed by atoms with Gasteiger partial charge in [-0.05, 0) is 88.2 Å². The Morgan fingerprint density at radius 3 is 2.38 bits per heavy atom. The number of hydrogen-bond donors (Lipinski definition) is 3. The Bertz CT molecular complexity index is 1530. The molecular formula is C30H47ClIN7O4Si2. The van der Waals surface area contributed by atoms with Crippen LogP contribution < -0.4 is 16.4 Å². The van der Waals surface area contributed by atoms with Crippen molar-refractivity contribution < 1.29 is 18.4 Å². The Hall–Kier alpha value is -1.83. The fourth-order valence-corrected chi connectivity index (χ4v) is 7.71. The fraction of sp³-hybridized carbons (Fsp3) is 0.600. The maximum absolute atomic E-state index is 12.4. The number of nitrogens with one attached hydrogen (secondary N) is 2. The number of aromatic nitrogens is 4. The lowest BCUT2D eigenvalue weighted by Crippen LogP contribution is -2.56. The van der Waals surface area contributed by atoms with Crippen LogP contribution in [0.1, 0.15) is 53.3 Å². The van der Waals surface area contributed by atoms with Crippen molar-refractivity contribution in [3.63, 3.8) is 0 Å². The summed E-state index contributed by atoms with van der Waals surface area (Å²) < 4.78 is 23.3. The van der Waals surface area contributed by atoms with Crippen molar-refractivity contribution in [1.29, 1.82) is 0 Å². The van der Waals surface area contributed by atoms with Gasteiger partial charge < -0.3 is 30.0 Å². The number of hydrogen-bond acceptors (Lipinski definition) is 8. The Labute approximate surface area is 287 Å². The van der Waals surface area contributed by atoms with Gasteiger partial charge in [0.05, 0.1) is 19.0 Å². The third-order valence-electron chi connectivity index (χ3n) is 9.33. The largest absolute Gasteiger partial charge is 0.414 e. The first-order valence-corrected chi connectivity index (χ1v) is 22.4. The van der Waals surface area contributed by atoms with E-state index in [1.54, 1.807) is 6.33 Å². The number of anilines is 1. The van der Waals surface area contributed by atoms with Crippen LogP contribution in [0.15, 0.2) is 30.6 Å². The average molecular weight is 788 g/mol. The van der Waals surface area contributed by atoms with E-state index >= 15 is 0 Å². The normalized spacial score (nSPS) is 21.3. The van der Waals surface area contributed by atoms with Crippen LogP contribution in [0.4, 0.5) is 10.6 Å². The van der Waals surface area contributed by atoms with Gasteiger partial charge in [-0.2, -0.15) is 9.97 Å². The molecule has 3 aromatic rings. The van der Waals surface area contributed by atoms with Gasteiger partial charge in [0.2, 0.25) is 5.28 Å². The van der Waals surface area contributed by atoms with Crippen molar-refractivity contribution in [1.82, 2.24) is 24.8 Å². The van der Waals surface area contributed by atoms with Gasteiger partial charge >= 0.3 is 6.03 Å². The Morgan fingerprint density at radius 1 is 1.11 bits per heavy atom. The summed E-state index contributed by atoms with van der Waals surface area (Å²) in [6.45, 7) is 22.6. The number of primary amides is 1. The molecule has 248 valence electrons. The maximum atomic E-state index is 12.4. The van der Waals surface area contributed by atoms with Gasteiger partial charge in [-0.3, -0.25) is 4.57 Å². The highest BCUT2D eigenvalue weighted by Crippen LogP contribution is 2.43. The number of benzene rings is 1. The van der Waals surface area contributed by atoms with Crippen molar-refractivity contribution in [2.75, 3.05) is 11.9 Å². The number of urea groups is 1. The summed E-state index contributed by atoms with van der Waals surface area (Å²) in [7, 11) is -4.54. The zero-order valence-corrected chi connectivity index (χ0v) is 32.8. The molecular weight excluding hydrogens is 741 g/mol. The number of fused-ring (bicyclic) bond motifs is 1. The van der Waals surface area contributed by atoms with Crippen LogP contribution in [0.25, 0.3) is 11.2 Å². The van der Waals surface area contributed by atoms with E-state index in [2.05, 4.69) is 117 Å². The van der Waals surface area contributed by atoms with E-state index in [1.807, 2.05) is 22.8 Å². The summed E-state index contributed by atoms with van der Waals surface area (Å²) in [4.78, 5) is 26.1. The standard InChI is InChI=1S/C30H47ClIN7O4Si2/c1-29(2,3)44(7,8)41-16-20-21(36-28(33)40)23(43-45(9,10)30(4,5)6)26(42-20)39-17-35-22-24(37-27(31)38-25(22)39)34-15-18-12-11-13-19(32)14-18/h11-14,17,20-21,23,26H,15-16H2,1-10H3,(H3,33,36,40)(H,34,37,38)/t20-,21-,23-,26-/m1/s1. The van der Waals surface area contributed by atoms with E-state index in [0.717, 1.165) is 9.13 Å². The molecule has 0 aliphatic carbocycles. The SMILES string of the molecule is CC(C)(C)[Si](C)(C)OC[C@H]1O[C@@H](n2cnc3c(NCc4cccc(I)c4)nc(Cl)nc32)[C@H](O[Si](C)(C)C(C)(C)C)[C@@H]1NC(N)=O. The quantitative estimate of drug-likeness (QED) is 0.113. The van der Waals surface area contributed by atoms with Crippen LogP contribution in [-0.2, 0) is 20.1 Å². The molecule has 2 aromatic heterocycles. The molecule has 1 fully saturated rings. The molecule has 45 heavy (non-hydrogen) atoms. The fourth-order valence-electron chi connectivity index (χ4n) is 4.62. The lowest BCUT2D eigenvalue weighted by molar-refractivity contribution is -0.0446. The van der Waals surface area contributed by atoms with Crippen LogP contribution in [-0.4, -0.2) is 67.0 Å². The van der Waals surface area contributed by atoms with E-state index in [9.17, 15) is 4.79 Å². The molecule has 1 aliphatic heterocycles. The lowest BCUT2D eigenvalue weighted by atomic mass is 10.1. The number of imidazole rings is 1. The van der Waals surface area contributed by atoms with Crippen molar-refractivity contribution in [3.05, 3.63) is 45.0 Å². The monoisotopic (exact) mass is 787 g/mol. The Kier molecular flexibility index (Phi) is 10.7. The lowest BCUT2D eigenvalue weighted by Gasteiger charge is -2.41. The van der Waals surface area contributed by atoms with Gasteiger partial charge in [0.15, 0.2) is 39.8 Å². The zero-order chi connectivity index (χ0) is 33.5. The minimum absolute atomic E-state index is 0.00962. The molecule has 4 rings (SSSR count). The minimum Gasteiger partial charge on any atom is -0.414 e. The van der Waals surface area contributed by atoms with E-state index in [0.29, 0.717) is 23.5 Å². The summed E-state index contributed by atoms with van der Waals surface area (Å²) in [5.74, 6) is 0.507. The molecule has 1 aromatic carbocycles. The van der Waals surface area contributed by atoms with E-state index < -0.39 is 47.1 Å². The average Bonchev–Trinajstić information content (AvgIpc) is 3.45. The summed E-state index contributed by atoms with van der Waals surface area (Å²) in [5.41, 5.74) is 7.85. The van der Waals surface area contributed by atoms with E-state index in [4.69, 9.17) is 35.9 Å². The second kappa shape index (κ2) is 13.4. The number of carbonyl (C=O) groups is 1. The molecule has 11 nitrogen and oxygen atoms in total. The zero-order valence-electron chi connectivity index (χ0n) is 27.9. The molecule has 1 aliphatic rings. The molecule has 3 heterocycles. The van der Waals surface area contributed by atoms with Crippen LogP contribution in [0.3, 0.4) is 0 Å². The summed E-state index contributed by atoms with van der Waals surface area (Å²) in [6.07, 6.45) is -0.194. The third-order valence-corrected chi connectivity index (χ3v) is 19.1. The summed E-state index contributed by atoms with van der Waals surface area (Å²) in [5, 5.41) is 6.26. The Morgan fingerprint density at radius 2 is 1.78 bits per heavy atom. The molecule has 0 radical (unpaired) electrons. The predicted octanol–water partition coefficient (Wildman–Crippen LogP) is 7.04. The van der Waals surface area contributed by atoms with Crippen LogP contribution in [0.5, 0.6) is 0 Å². The molecule has 4 atom stereocenters. The molecule has 1 saturated heterocycles. The van der Waals surface area contributed by atoms with Crippen molar-refractivity contribution in [2.45, 2.75) is 109 Å². The number of nitrogens with two attached hydrogens (primary N) is 1. The van der Waals surface area contributed by atoms with Crippen LogP contribution >= 0.6 is 34.2 Å². The smallest absolute Gasteiger partial charge is 0.312 e. The predicted molar refractivity (Wildman–Crippen MR) is 192 cm³/mol. The van der Waals surface area contributed by atoms with Gasteiger partial charge in [0.25, 0.3) is 0 Å². The number of carbonyl (C=O) groups excluding carboxylic acids is 1. The van der Waals surface area contributed by atoms with Crippen molar-refractivity contribution >= 4 is 73.8 Å². The highest BCUT2D eigenvalue weighted by molar-refractivity contribution is 14.1. The van der Waals surface area contributed by atoms with Crippen LogP contribution in [0.2, 0.25) is 41.5 Å². The van der Waals surface area contributed by atoms with Gasteiger partial charge in [0.1, 0.15) is 12.2 Å². The van der Waals surface area contributed by atoms with Gasteiger partial charge in [-0.15, -0.1) is 0 Å². The number of amides is 2. The highest BCUT2D eigenvalue weighted by atomic mass is 127. The topological polar surface area (TPSA) is 138 Å². The first-order valence-electron chi connectivity index (χ1n) is 15.1. The van der Waals surface area contributed by atoms with Gasteiger partial charge in [-0.1, -0.05) is 53.7 Å². The minimum atomic E-state index is -2.39. The molecule has 15 heteroatoms. The first kappa shape index (κ1) is 36.0. The molecule has 0 bridgehead atoms. The molecule has 0 unspecified atom stereocenters. The second-order valence-corrected chi connectivity index (χ2v) is 25.8. The van der Waals surface area contributed by atoms with Crippen molar-refractivity contribution in [2.24, 2.45) is 5.73 Å². The maximum Gasteiger partial charge on any atom is 0.312 e. The molecule has 2 amide bonds. The summed E-state index contributed by atoms with van der Waals surface area (Å²) >= 11 is 8.77. The van der Waals surface area contributed by atoms with Gasteiger partial charge in [0, 0.05) is 10.1 Å². The second-order valence-electron chi connectivity index (χ2n) is 14.7. The van der Waals surface area contributed by atoms with E-state index in [1.165, 1.54) is 0 Å². The number of nitrogens with zero attached hydrogens (tertiary/aromatic N) is 4. The Balaban J connectivity index is 1.76. The highest BCUT2D eigenvalue weighted by Gasteiger charge is 2.52. The summed E-state index contributed by atoms with van der Waals surface area (Å²) in [6, 6.07) is 6.95.